The standard InChI is InChI=1S/C18H28N2O4S/c1-3-15(2)19-25(22,23)17-10-8-16(9-11-17)24-14-18(21)20-12-6-4-5-7-13-20/h8-11,15,19H,3-7,12-14H2,1-2H3. The maximum absolute atomic E-state index is 12.2. The fourth-order valence-corrected chi connectivity index (χ4v) is 4.01. The van der Waals surface area contributed by atoms with E-state index in [-0.39, 0.29) is 23.5 Å². The van der Waals surface area contributed by atoms with Crippen molar-refractivity contribution in [2.24, 2.45) is 0 Å². The fourth-order valence-electron chi connectivity index (χ4n) is 2.69. The van der Waals surface area contributed by atoms with E-state index >= 15 is 0 Å². The number of ether oxygens (including phenoxy) is 1. The van der Waals surface area contributed by atoms with Crippen molar-refractivity contribution in [3.63, 3.8) is 0 Å². The minimum absolute atomic E-state index is 0.0166. The van der Waals surface area contributed by atoms with Crippen LogP contribution in [0, 0.1) is 0 Å². The predicted molar refractivity (Wildman–Crippen MR) is 97.1 cm³/mol. The number of benzene rings is 1. The first kappa shape index (κ1) is 19.7. The van der Waals surface area contributed by atoms with Gasteiger partial charge in [0.1, 0.15) is 5.75 Å². The molecule has 0 aliphatic carbocycles. The van der Waals surface area contributed by atoms with Gasteiger partial charge in [0, 0.05) is 19.1 Å². The first-order chi connectivity index (χ1) is 11.9. The van der Waals surface area contributed by atoms with Crippen molar-refractivity contribution >= 4 is 15.9 Å². The molecule has 25 heavy (non-hydrogen) atoms. The Morgan fingerprint density at radius 2 is 1.76 bits per heavy atom. The van der Waals surface area contributed by atoms with Crippen LogP contribution in [-0.2, 0) is 14.8 Å². The van der Waals surface area contributed by atoms with Gasteiger partial charge in [-0.25, -0.2) is 13.1 Å². The molecule has 1 aliphatic rings. The van der Waals surface area contributed by atoms with Gasteiger partial charge < -0.3 is 9.64 Å². The van der Waals surface area contributed by atoms with Crippen LogP contribution in [0.2, 0.25) is 0 Å². The number of nitrogens with zero attached hydrogens (tertiary/aromatic N) is 1. The molecule has 2 rings (SSSR count). The summed E-state index contributed by atoms with van der Waals surface area (Å²) in [5.41, 5.74) is 0. The molecule has 1 fully saturated rings. The summed E-state index contributed by atoms with van der Waals surface area (Å²) >= 11 is 0. The van der Waals surface area contributed by atoms with E-state index in [0.29, 0.717) is 5.75 Å². The summed E-state index contributed by atoms with van der Waals surface area (Å²) in [5, 5.41) is 0. The maximum atomic E-state index is 12.2. The molecule has 0 radical (unpaired) electrons. The zero-order chi connectivity index (χ0) is 18.3. The zero-order valence-electron chi connectivity index (χ0n) is 15.0. The fraction of sp³-hybridized carbons (Fsp3) is 0.611. The van der Waals surface area contributed by atoms with Gasteiger partial charge in [0.2, 0.25) is 10.0 Å². The molecule has 1 heterocycles. The minimum Gasteiger partial charge on any atom is -0.484 e. The predicted octanol–water partition coefficient (Wildman–Crippen LogP) is 2.54. The highest BCUT2D eigenvalue weighted by Gasteiger charge is 2.18. The van der Waals surface area contributed by atoms with Crippen LogP contribution in [0.5, 0.6) is 5.75 Å². The molecule has 1 saturated heterocycles. The Kier molecular flexibility index (Phi) is 7.25. The molecule has 7 heteroatoms. The molecular formula is C18H28N2O4S. The molecule has 1 aromatic carbocycles. The van der Waals surface area contributed by atoms with E-state index in [1.54, 1.807) is 12.1 Å². The Balaban J connectivity index is 1.90. The summed E-state index contributed by atoms with van der Waals surface area (Å²) in [7, 11) is -3.52. The van der Waals surface area contributed by atoms with Crippen LogP contribution < -0.4 is 9.46 Å². The number of carbonyl (C=O) groups excluding carboxylic acids is 1. The Labute approximate surface area is 150 Å². The molecule has 6 nitrogen and oxygen atoms in total. The molecule has 0 aromatic heterocycles. The third-order valence-electron chi connectivity index (χ3n) is 4.42. The highest BCUT2D eigenvalue weighted by atomic mass is 32.2. The van der Waals surface area contributed by atoms with Crippen LogP contribution in [0.3, 0.4) is 0 Å². The average Bonchev–Trinajstić information content (AvgIpc) is 2.89. The zero-order valence-corrected chi connectivity index (χ0v) is 15.8. The van der Waals surface area contributed by atoms with E-state index in [0.717, 1.165) is 32.4 Å². The molecule has 1 amide bonds. The largest absolute Gasteiger partial charge is 0.484 e. The monoisotopic (exact) mass is 368 g/mol. The topological polar surface area (TPSA) is 75.7 Å². The van der Waals surface area contributed by atoms with E-state index in [9.17, 15) is 13.2 Å². The third kappa shape index (κ3) is 6.01. The van der Waals surface area contributed by atoms with E-state index < -0.39 is 10.0 Å². The van der Waals surface area contributed by atoms with Gasteiger partial charge in [-0.05, 0) is 50.5 Å². The average molecular weight is 368 g/mol. The lowest BCUT2D eigenvalue weighted by Crippen LogP contribution is -2.35. The number of likely N-dealkylation sites (tertiary alicyclic amines) is 1. The molecule has 0 bridgehead atoms. The molecular weight excluding hydrogens is 340 g/mol. The van der Waals surface area contributed by atoms with Crippen molar-refractivity contribution < 1.29 is 17.9 Å². The van der Waals surface area contributed by atoms with E-state index in [4.69, 9.17) is 4.74 Å². The van der Waals surface area contributed by atoms with Crippen molar-refractivity contribution in [1.82, 2.24) is 9.62 Å². The Bertz CT molecular complexity index is 650. The Hall–Kier alpha value is -1.60. The molecule has 1 N–H and O–H groups in total. The van der Waals surface area contributed by atoms with Crippen molar-refractivity contribution in [3.8, 4) is 5.75 Å². The van der Waals surface area contributed by atoms with Gasteiger partial charge in [-0.1, -0.05) is 19.8 Å². The highest BCUT2D eigenvalue weighted by Crippen LogP contribution is 2.17. The molecule has 0 saturated carbocycles. The minimum atomic E-state index is -3.52. The molecule has 0 spiro atoms. The number of rotatable bonds is 7. The van der Waals surface area contributed by atoms with Crippen LogP contribution in [0.15, 0.2) is 29.2 Å². The summed E-state index contributed by atoms with van der Waals surface area (Å²) in [4.78, 5) is 14.2. The Morgan fingerprint density at radius 1 is 1.16 bits per heavy atom. The maximum Gasteiger partial charge on any atom is 0.260 e. The van der Waals surface area contributed by atoms with E-state index in [1.165, 1.54) is 25.0 Å². The quantitative estimate of drug-likeness (QED) is 0.802. The number of nitrogens with one attached hydrogen (secondary N) is 1. The van der Waals surface area contributed by atoms with Crippen molar-refractivity contribution in [3.05, 3.63) is 24.3 Å². The Morgan fingerprint density at radius 3 is 2.32 bits per heavy atom. The lowest BCUT2D eigenvalue weighted by atomic mass is 10.2. The smallest absolute Gasteiger partial charge is 0.260 e. The lowest BCUT2D eigenvalue weighted by Gasteiger charge is -2.20. The third-order valence-corrected chi connectivity index (χ3v) is 6.03. The molecule has 1 aliphatic heterocycles. The van der Waals surface area contributed by atoms with Crippen LogP contribution in [-0.4, -0.2) is 45.0 Å². The summed E-state index contributed by atoms with van der Waals surface area (Å²) < 4.78 is 32.5. The summed E-state index contributed by atoms with van der Waals surface area (Å²) in [5.74, 6) is 0.475. The summed E-state index contributed by atoms with van der Waals surface area (Å²) in [6.07, 6.45) is 5.15. The van der Waals surface area contributed by atoms with Gasteiger partial charge in [-0.2, -0.15) is 0 Å². The normalized spacial score (nSPS) is 17.0. The number of hydrogen-bond donors (Lipinski definition) is 1. The van der Waals surface area contributed by atoms with Gasteiger partial charge in [0.15, 0.2) is 6.61 Å². The second kappa shape index (κ2) is 9.20. The number of hydrogen-bond acceptors (Lipinski definition) is 4. The highest BCUT2D eigenvalue weighted by molar-refractivity contribution is 7.89. The van der Waals surface area contributed by atoms with Crippen molar-refractivity contribution in [2.45, 2.75) is 56.9 Å². The van der Waals surface area contributed by atoms with Crippen LogP contribution in [0.25, 0.3) is 0 Å². The molecule has 1 aromatic rings. The number of amides is 1. The summed E-state index contributed by atoms with van der Waals surface area (Å²) in [6.45, 7) is 5.31. The van der Waals surface area contributed by atoms with E-state index in [1.807, 2.05) is 18.7 Å². The first-order valence-corrected chi connectivity index (χ1v) is 10.4. The van der Waals surface area contributed by atoms with Gasteiger partial charge >= 0.3 is 0 Å². The lowest BCUT2D eigenvalue weighted by molar-refractivity contribution is -0.133. The molecule has 140 valence electrons. The second-order valence-corrected chi connectivity index (χ2v) is 8.20. The van der Waals surface area contributed by atoms with Crippen LogP contribution >= 0.6 is 0 Å². The molecule has 1 atom stereocenters. The second-order valence-electron chi connectivity index (χ2n) is 6.49. The number of carbonyl (C=O) groups is 1. The van der Waals surface area contributed by atoms with Gasteiger partial charge in [-0.3, -0.25) is 4.79 Å². The van der Waals surface area contributed by atoms with Crippen LogP contribution in [0.4, 0.5) is 0 Å². The van der Waals surface area contributed by atoms with Crippen molar-refractivity contribution in [1.29, 1.82) is 0 Å². The summed E-state index contributed by atoms with van der Waals surface area (Å²) in [6, 6.07) is 6.04. The molecule has 1 unspecified atom stereocenters. The number of sulfonamides is 1. The van der Waals surface area contributed by atoms with Crippen LogP contribution in [0.1, 0.15) is 46.0 Å². The first-order valence-electron chi connectivity index (χ1n) is 8.95. The SMILES string of the molecule is CCC(C)NS(=O)(=O)c1ccc(OCC(=O)N2CCCCCC2)cc1. The van der Waals surface area contributed by atoms with Gasteiger partial charge in [0.05, 0.1) is 4.90 Å². The van der Waals surface area contributed by atoms with Gasteiger partial charge in [0.25, 0.3) is 5.91 Å². The van der Waals surface area contributed by atoms with Crippen molar-refractivity contribution in [2.75, 3.05) is 19.7 Å². The van der Waals surface area contributed by atoms with Gasteiger partial charge in [-0.15, -0.1) is 0 Å². The van der Waals surface area contributed by atoms with E-state index in [2.05, 4.69) is 4.72 Å².